The summed E-state index contributed by atoms with van der Waals surface area (Å²) < 4.78 is 0. The van der Waals surface area contributed by atoms with E-state index < -0.39 is 0 Å². The summed E-state index contributed by atoms with van der Waals surface area (Å²) >= 11 is 0. The van der Waals surface area contributed by atoms with E-state index in [2.05, 4.69) is 27.8 Å². The number of rotatable bonds is 5. The molecule has 1 heterocycles. The molecule has 4 heteroatoms. The quantitative estimate of drug-likeness (QED) is 0.739. The minimum absolute atomic E-state index is 0.215. The second-order valence-corrected chi connectivity index (χ2v) is 5.54. The van der Waals surface area contributed by atoms with Crippen LogP contribution in [0, 0.1) is 6.92 Å². The standard InChI is InChI=1S/C20H19N3O/c1-15-7-5-6-10-18(15)23-20(24)19-13-17(11-12-21-19)22-14-16-8-3-2-4-9-16/h2-13H,14H2,1H3,(H,21,22)(H,23,24). The van der Waals surface area contributed by atoms with Crippen molar-refractivity contribution in [1.82, 2.24) is 4.98 Å². The third-order valence-corrected chi connectivity index (χ3v) is 3.73. The van der Waals surface area contributed by atoms with Gasteiger partial charge in [-0.3, -0.25) is 9.78 Å². The van der Waals surface area contributed by atoms with Crippen LogP contribution in [0.1, 0.15) is 21.6 Å². The third-order valence-electron chi connectivity index (χ3n) is 3.73. The molecule has 0 bridgehead atoms. The minimum atomic E-state index is -0.215. The molecule has 0 aliphatic heterocycles. The molecule has 120 valence electrons. The monoisotopic (exact) mass is 317 g/mol. The lowest BCUT2D eigenvalue weighted by Gasteiger charge is -2.10. The van der Waals surface area contributed by atoms with Gasteiger partial charge in [-0.25, -0.2) is 0 Å². The summed E-state index contributed by atoms with van der Waals surface area (Å²) in [6, 6.07) is 21.4. The highest BCUT2D eigenvalue weighted by atomic mass is 16.1. The number of carbonyl (C=O) groups is 1. The molecule has 0 unspecified atom stereocenters. The number of para-hydroxylation sites is 1. The van der Waals surface area contributed by atoms with Gasteiger partial charge in [0, 0.05) is 24.1 Å². The molecular weight excluding hydrogens is 298 g/mol. The Balaban J connectivity index is 1.68. The van der Waals surface area contributed by atoms with E-state index in [0.29, 0.717) is 12.2 Å². The van der Waals surface area contributed by atoms with E-state index in [-0.39, 0.29) is 5.91 Å². The fourth-order valence-electron chi connectivity index (χ4n) is 2.36. The third kappa shape index (κ3) is 3.98. The molecule has 0 radical (unpaired) electrons. The van der Waals surface area contributed by atoms with Crippen LogP contribution in [-0.2, 0) is 6.54 Å². The fourth-order valence-corrected chi connectivity index (χ4v) is 2.36. The molecule has 24 heavy (non-hydrogen) atoms. The number of amides is 1. The molecule has 0 aliphatic carbocycles. The van der Waals surface area contributed by atoms with Crippen LogP contribution in [0.25, 0.3) is 0 Å². The number of hydrogen-bond acceptors (Lipinski definition) is 3. The van der Waals surface area contributed by atoms with Gasteiger partial charge < -0.3 is 10.6 Å². The molecule has 1 aromatic heterocycles. The van der Waals surface area contributed by atoms with Gasteiger partial charge in [-0.1, -0.05) is 48.5 Å². The molecule has 0 spiro atoms. The molecular formula is C20H19N3O. The summed E-state index contributed by atoms with van der Waals surface area (Å²) in [5, 5.41) is 6.21. The first-order valence-electron chi connectivity index (χ1n) is 7.83. The van der Waals surface area contributed by atoms with E-state index in [1.165, 1.54) is 5.56 Å². The van der Waals surface area contributed by atoms with Gasteiger partial charge in [-0.2, -0.15) is 0 Å². The van der Waals surface area contributed by atoms with Gasteiger partial charge >= 0.3 is 0 Å². The summed E-state index contributed by atoms with van der Waals surface area (Å²) in [6.45, 7) is 2.66. The summed E-state index contributed by atoms with van der Waals surface area (Å²) in [5.41, 5.74) is 4.25. The number of benzene rings is 2. The molecule has 0 atom stereocenters. The maximum atomic E-state index is 12.4. The normalized spacial score (nSPS) is 10.2. The predicted octanol–water partition coefficient (Wildman–Crippen LogP) is 4.25. The molecule has 0 aliphatic rings. The largest absolute Gasteiger partial charge is 0.381 e. The van der Waals surface area contributed by atoms with E-state index in [0.717, 1.165) is 16.9 Å². The van der Waals surface area contributed by atoms with Gasteiger partial charge in [-0.05, 0) is 36.2 Å². The first kappa shape index (κ1) is 15.7. The van der Waals surface area contributed by atoms with Crippen LogP contribution in [0.3, 0.4) is 0 Å². The van der Waals surface area contributed by atoms with E-state index in [1.54, 1.807) is 12.3 Å². The highest BCUT2D eigenvalue weighted by Gasteiger charge is 2.09. The number of nitrogens with zero attached hydrogens (tertiary/aromatic N) is 1. The van der Waals surface area contributed by atoms with Gasteiger partial charge in [0.15, 0.2) is 0 Å². The Labute approximate surface area is 141 Å². The number of hydrogen-bond donors (Lipinski definition) is 2. The molecule has 0 fully saturated rings. The zero-order chi connectivity index (χ0) is 16.8. The Morgan fingerprint density at radius 3 is 2.54 bits per heavy atom. The SMILES string of the molecule is Cc1ccccc1NC(=O)c1cc(NCc2ccccc2)ccn1. The van der Waals surface area contributed by atoms with Crippen molar-refractivity contribution < 1.29 is 4.79 Å². The first-order chi connectivity index (χ1) is 11.7. The van der Waals surface area contributed by atoms with Gasteiger partial charge in [-0.15, -0.1) is 0 Å². The lowest BCUT2D eigenvalue weighted by molar-refractivity contribution is 0.102. The Kier molecular flexibility index (Phi) is 4.87. The lowest BCUT2D eigenvalue weighted by atomic mass is 10.2. The zero-order valence-electron chi connectivity index (χ0n) is 13.5. The van der Waals surface area contributed by atoms with E-state index in [4.69, 9.17) is 0 Å². The molecule has 2 aromatic carbocycles. The van der Waals surface area contributed by atoms with Crippen molar-refractivity contribution in [2.75, 3.05) is 10.6 Å². The Morgan fingerprint density at radius 2 is 1.75 bits per heavy atom. The topological polar surface area (TPSA) is 54.0 Å². The van der Waals surface area contributed by atoms with Crippen LogP contribution in [-0.4, -0.2) is 10.9 Å². The number of aryl methyl sites for hydroxylation is 1. The van der Waals surface area contributed by atoms with Crippen LogP contribution < -0.4 is 10.6 Å². The van der Waals surface area contributed by atoms with E-state index in [9.17, 15) is 4.79 Å². The van der Waals surface area contributed by atoms with Crippen molar-refractivity contribution in [3.05, 3.63) is 89.7 Å². The molecule has 1 amide bonds. The smallest absolute Gasteiger partial charge is 0.274 e. The minimum Gasteiger partial charge on any atom is -0.381 e. The van der Waals surface area contributed by atoms with Gasteiger partial charge in [0.1, 0.15) is 5.69 Å². The summed E-state index contributed by atoms with van der Waals surface area (Å²) in [7, 11) is 0. The van der Waals surface area contributed by atoms with E-state index >= 15 is 0 Å². The highest BCUT2D eigenvalue weighted by molar-refractivity contribution is 6.03. The number of nitrogens with one attached hydrogen (secondary N) is 2. The number of anilines is 2. The van der Waals surface area contributed by atoms with Crippen molar-refractivity contribution in [3.8, 4) is 0 Å². The van der Waals surface area contributed by atoms with Crippen molar-refractivity contribution in [2.45, 2.75) is 13.5 Å². The van der Waals surface area contributed by atoms with Crippen LogP contribution in [0.15, 0.2) is 72.9 Å². The molecule has 3 rings (SSSR count). The number of aromatic nitrogens is 1. The first-order valence-corrected chi connectivity index (χ1v) is 7.83. The van der Waals surface area contributed by atoms with Crippen LogP contribution in [0.2, 0.25) is 0 Å². The highest BCUT2D eigenvalue weighted by Crippen LogP contribution is 2.16. The second-order valence-electron chi connectivity index (χ2n) is 5.54. The average molecular weight is 317 g/mol. The zero-order valence-corrected chi connectivity index (χ0v) is 13.5. The summed E-state index contributed by atoms with van der Waals surface area (Å²) in [5.74, 6) is -0.215. The molecule has 4 nitrogen and oxygen atoms in total. The van der Waals surface area contributed by atoms with Gasteiger partial charge in [0.25, 0.3) is 5.91 Å². The van der Waals surface area contributed by atoms with E-state index in [1.807, 2.05) is 55.5 Å². The van der Waals surface area contributed by atoms with Gasteiger partial charge in [0.05, 0.1) is 0 Å². The number of pyridine rings is 1. The molecule has 0 saturated heterocycles. The van der Waals surface area contributed by atoms with Crippen molar-refractivity contribution in [2.24, 2.45) is 0 Å². The average Bonchev–Trinajstić information content (AvgIpc) is 2.63. The Bertz CT molecular complexity index is 831. The lowest BCUT2D eigenvalue weighted by Crippen LogP contribution is -2.14. The van der Waals surface area contributed by atoms with Crippen LogP contribution in [0.5, 0.6) is 0 Å². The Morgan fingerprint density at radius 1 is 1.00 bits per heavy atom. The maximum absolute atomic E-state index is 12.4. The predicted molar refractivity (Wildman–Crippen MR) is 97.1 cm³/mol. The fraction of sp³-hybridized carbons (Fsp3) is 0.100. The molecule has 0 saturated carbocycles. The molecule has 3 aromatic rings. The van der Waals surface area contributed by atoms with Crippen molar-refractivity contribution in [3.63, 3.8) is 0 Å². The summed E-state index contributed by atoms with van der Waals surface area (Å²) in [6.07, 6.45) is 1.64. The van der Waals surface area contributed by atoms with Crippen molar-refractivity contribution >= 4 is 17.3 Å². The summed E-state index contributed by atoms with van der Waals surface area (Å²) in [4.78, 5) is 16.6. The second kappa shape index (κ2) is 7.42. The maximum Gasteiger partial charge on any atom is 0.274 e. The van der Waals surface area contributed by atoms with Gasteiger partial charge in [0.2, 0.25) is 0 Å². The van der Waals surface area contributed by atoms with Crippen LogP contribution >= 0.6 is 0 Å². The van der Waals surface area contributed by atoms with Crippen LogP contribution in [0.4, 0.5) is 11.4 Å². The van der Waals surface area contributed by atoms with Crippen molar-refractivity contribution in [1.29, 1.82) is 0 Å². The Hall–Kier alpha value is -3.14. The molecule has 2 N–H and O–H groups in total. The number of carbonyl (C=O) groups excluding carboxylic acids is 1.